The maximum atomic E-state index is 9.56. The van der Waals surface area contributed by atoms with Crippen molar-refractivity contribution in [3.8, 4) is 0 Å². The van der Waals surface area contributed by atoms with Gasteiger partial charge >= 0.3 is 0 Å². The highest BCUT2D eigenvalue weighted by atomic mass is 35.5. The maximum Gasteiger partial charge on any atom is 0.0949 e. The Morgan fingerprint density at radius 1 is 1.44 bits per heavy atom. The van der Waals surface area contributed by atoms with Crippen LogP contribution in [0.3, 0.4) is 0 Å². The molecular weight excluding hydrogens is 252 g/mol. The zero-order valence-electron chi connectivity index (χ0n) is 10.2. The molecule has 0 bridgehead atoms. The molecule has 0 saturated heterocycles. The Morgan fingerprint density at radius 3 is 2.89 bits per heavy atom. The minimum absolute atomic E-state index is 0.248. The number of halogens is 1. The first-order chi connectivity index (χ1) is 8.65. The van der Waals surface area contributed by atoms with Crippen LogP contribution in [0.1, 0.15) is 5.56 Å². The molecule has 1 aromatic heterocycles. The Morgan fingerprint density at radius 2 is 2.22 bits per heavy atom. The first-order valence-electron chi connectivity index (χ1n) is 5.86. The van der Waals surface area contributed by atoms with Gasteiger partial charge in [-0.15, -0.1) is 0 Å². The molecule has 0 saturated carbocycles. The van der Waals surface area contributed by atoms with Crippen molar-refractivity contribution in [2.75, 3.05) is 13.7 Å². The van der Waals surface area contributed by atoms with Gasteiger partial charge in [0.15, 0.2) is 0 Å². The van der Waals surface area contributed by atoms with Crippen molar-refractivity contribution in [2.45, 2.75) is 19.2 Å². The number of fused-ring (bicyclic) bond motifs is 1. The standard InChI is InChI=1S/C13H17ClN2O2/c1-15-5-9-6-16(7-11(18)8-17)13-4-10(14)2-3-12(9)13/h2-4,6,11,15,17-18H,5,7-8H2,1H3. The monoisotopic (exact) mass is 268 g/mol. The van der Waals surface area contributed by atoms with E-state index in [1.165, 1.54) is 0 Å². The Labute approximate surface area is 111 Å². The zero-order valence-corrected chi connectivity index (χ0v) is 11.0. The quantitative estimate of drug-likeness (QED) is 0.768. The third kappa shape index (κ3) is 2.67. The third-order valence-corrected chi connectivity index (χ3v) is 3.15. The molecule has 1 heterocycles. The van der Waals surface area contributed by atoms with Gasteiger partial charge in [0.1, 0.15) is 0 Å². The molecule has 0 amide bonds. The van der Waals surface area contributed by atoms with Crippen molar-refractivity contribution in [3.63, 3.8) is 0 Å². The van der Waals surface area contributed by atoms with E-state index in [9.17, 15) is 5.11 Å². The van der Waals surface area contributed by atoms with E-state index in [1.807, 2.05) is 36.0 Å². The topological polar surface area (TPSA) is 57.4 Å². The van der Waals surface area contributed by atoms with Gasteiger partial charge in [-0.05, 0) is 24.7 Å². The van der Waals surface area contributed by atoms with E-state index in [4.69, 9.17) is 16.7 Å². The second-order valence-electron chi connectivity index (χ2n) is 4.33. The number of benzene rings is 1. The number of hydrogen-bond donors (Lipinski definition) is 3. The molecule has 2 aromatic rings. The van der Waals surface area contributed by atoms with Crippen LogP contribution in [0, 0.1) is 0 Å². The number of aromatic nitrogens is 1. The molecule has 2 rings (SSSR count). The highest BCUT2D eigenvalue weighted by Crippen LogP contribution is 2.25. The van der Waals surface area contributed by atoms with Crippen LogP contribution in [-0.4, -0.2) is 34.5 Å². The van der Waals surface area contributed by atoms with Crippen LogP contribution in [0.5, 0.6) is 0 Å². The van der Waals surface area contributed by atoms with Gasteiger partial charge in [-0.2, -0.15) is 0 Å². The summed E-state index contributed by atoms with van der Waals surface area (Å²) in [7, 11) is 1.89. The molecule has 1 aromatic carbocycles. The van der Waals surface area contributed by atoms with Gasteiger partial charge in [0.25, 0.3) is 0 Å². The molecule has 1 atom stereocenters. The summed E-state index contributed by atoms with van der Waals surface area (Å²) in [5.74, 6) is 0. The number of hydrogen-bond acceptors (Lipinski definition) is 3. The van der Waals surface area contributed by atoms with Crippen LogP contribution in [-0.2, 0) is 13.1 Å². The molecular formula is C13H17ClN2O2. The lowest BCUT2D eigenvalue weighted by molar-refractivity contribution is 0.0822. The molecule has 0 aliphatic rings. The summed E-state index contributed by atoms with van der Waals surface area (Å²) in [5.41, 5.74) is 2.12. The molecule has 0 radical (unpaired) electrons. The van der Waals surface area contributed by atoms with Crippen molar-refractivity contribution in [1.82, 2.24) is 9.88 Å². The number of rotatable bonds is 5. The molecule has 0 fully saturated rings. The Hall–Kier alpha value is -1.07. The second-order valence-corrected chi connectivity index (χ2v) is 4.77. The highest BCUT2D eigenvalue weighted by molar-refractivity contribution is 6.31. The van der Waals surface area contributed by atoms with Crippen LogP contribution in [0.2, 0.25) is 5.02 Å². The van der Waals surface area contributed by atoms with E-state index < -0.39 is 6.10 Å². The smallest absolute Gasteiger partial charge is 0.0949 e. The average Bonchev–Trinajstić information content (AvgIpc) is 2.67. The minimum Gasteiger partial charge on any atom is -0.394 e. The van der Waals surface area contributed by atoms with E-state index in [0.717, 1.165) is 23.0 Å². The van der Waals surface area contributed by atoms with Gasteiger partial charge < -0.3 is 20.1 Å². The summed E-state index contributed by atoms with van der Waals surface area (Å²) in [4.78, 5) is 0. The number of nitrogens with zero attached hydrogens (tertiary/aromatic N) is 1. The van der Waals surface area contributed by atoms with Crippen LogP contribution in [0.15, 0.2) is 24.4 Å². The van der Waals surface area contributed by atoms with Gasteiger partial charge in [-0.1, -0.05) is 17.7 Å². The van der Waals surface area contributed by atoms with E-state index in [2.05, 4.69) is 5.32 Å². The lowest BCUT2D eigenvalue weighted by Crippen LogP contribution is -2.19. The summed E-state index contributed by atoms with van der Waals surface area (Å²) >= 11 is 6.01. The van der Waals surface area contributed by atoms with Crippen LogP contribution in [0.25, 0.3) is 10.9 Å². The van der Waals surface area contributed by atoms with Crippen molar-refractivity contribution in [2.24, 2.45) is 0 Å². The van der Waals surface area contributed by atoms with E-state index in [0.29, 0.717) is 11.6 Å². The van der Waals surface area contributed by atoms with E-state index >= 15 is 0 Å². The van der Waals surface area contributed by atoms with Crippen molar-refractivity contribution in [3.05, 3.63) is 35.0 Å². The SMILES string of the molecule is CNCc1cn(CC(O)CO)c2cc(Cl)ccc12. The first-order valence-corrected chi connectivity index (χ1v) is 6.24. The molecule has 5 heteroatoms. The summed E-state index contributed by atoms with van der Waals surface area (Å²) in [6, 6.07) is 5.71. The zero-order chi connectivity index (χ0) is 13.1. The van der Waals surface area contributed by atoms with Crippen molar-refractivity contribution < 1.29 is 10.2 Å². The molecule has 3 N–H and O–H groups in total. The molecule has 0 spiro atoms. The second kappa shape index (κ2) is 5.71. The van der Waals surface area contributed by atoms with Gasteiger partial charge in [0.05, 0.1) is 19.3 Å². The van der Waals surface area contributed by atoms with E-state index in [1.54, 1.807) is 0 Å². The van der Waals surface area contributed by atoms with Crippen molar-refractivity contribution >= 4 is 22.5 Å². The van der Waals surface area contributed by atoms with Crippen LogP contribution in [0.4, 0.5) is 0 Å². The molecule has 98 valence electrons. The Kier molecular flexibility index (Phi) is 4.24. The maximum absolute atomic E-state index is 9.56. The molecule has 4 nitrogen and oxygen atoms in total. The summed E-state index contributed by atoms with van der Waals surface area (Å²) in [6.07, 6.45) is 1.22. The Balaban J connectivity index is 2.47. The first kappa shape index (κ1) is 13.4. The number of aliphatic hydroxyl groups excluding tert-OH is 2. The largest absolute Gasteiger partial charge is 0.394 e. The van der Waals surface area contributed by atoms with Crippen molar-refractivity contribution in [1.29, 1.82) is 0 Å². The molecule has 1 unspecified atom stereocenters. The van der Waals surface area contributed by atoms with Crippen LogP contribution >= 0.6 is 11.6 Å². The number of aliphatic hydroxyl groups is 2. The van der Waals surface area contributed by atoms with E-state index in [-0.39, 0.29) is 6.61 Å². The normalized spacial score (nSPS) is 13.1. The van der Waals surface area contributed by atoms with Gasteiger partial charge in [0.2, 0.25) is 0 Å². The number of nitrogens with one attached hydrogen (secondary N) is 1. The lowest BCUT2D eigenvalue weighted by atomic mass is 10.2. The fraction of sp³-hybridized carbons (Fsp3) is 0.385. The fourth-order valence-electron chi connectivity index (χ4n) is 2.11. The highest BCUT2D eigenvalue weighted by Gasteiger charge is 2.11. The lowest BCUT2D eigenvalue weighted by Gasteiger charge is -2.09. The van der Waals surface area contributed by atoms with Gasteiger partial charge in [-0.3, -0.25) is 0 Å². The summed E-state index contributed by atoms with van der Waals surface area (Å²) in [5, 5.41) is 23.4. The predicted octanol–water partition coefficient (Wildman–Crippen LogP) is 1.37. The molecule has 0 aliphatic heterocycles. The summed E-state index contributed by atoms with van der Waals surface area (Å²) < 4.78 is 1.93. The summed E-state index contributed by atoms with van der Waals surface area (Å²) in [6.45, 7) is 0.860. The predicted molar refractivity (Wildman–Crippen MR) is 72.8 cm³/mol. The average molecular weight is 269 g/mol. The van der Waals surface area contributed by atoms with Gasteiger partial charge in [0, 0.05) is 28.7 Å². The molecule has 18 heavy (non-hydrogen) atoms. The molecule has 0 aliphatic carbocycles. The van der Waals surface area contributed by atoms with Crippen LogP contribution < -0.4 is 5.32 Å². The Bertz CT molecular complexity index is 539. The van der Waals surface area contributed by atoms with Gasteiger partial charge in [-0.25, -0.2) is 0 Å². The third-order valence-electron chi connectivity index (χ3n) is 2.91. The fourth-order valence-corrected chi connectivity index (χ4v) is 2.27. The minimum atomic E-state index is -0.762.